The maximum atomic E-state index is 13.3. The number of nitrogens with zero attached hydrogens (tertiary/aromatic N) is 4. The number of alkyl halides is 2. The van der Waals surface area contributed by atoms with Crippen LogP contribution in [0.5, 0.6) is 0 Å². The van der Waals surface area contributed by atoms with Crippen molar-refractivity contribution >= 4 is 41.1 Å². The molecule has 0 spiro atoms. The predicted molar refractivity (Wildman–Crippen MR) is 125 cm³/mol. The Bertz CT molecular complexity index is 1030. The molecular weight excluding hydrogens is 431 g/mol. The van der Waals surface area contributed by atoms with Gasteiger partial charge in [-0.05, 0) is 36.5 Å². The molecule has 2 aromatic heterocycles. The second-order valence-corrected chi connectivity index (χ2v) is 8.39. The average molecular weight is 455 g/mol. The molecule has 1 atom stereocenters. The van der Waals surface area contributed by atoms with Crippen molar-refractivity contribution in [2.24, 2.45) is 0 Å². The zero-order valence-corrected chi connectivity index (χ0v) is 18.6. The lowest BCUT2D eigenvalue weighted by molar-refractivity contribution is -0.113. The highest BCUT2D eigenvalue weighted by Crippen LogP contribution is 2.38. The maximum absolute atomic E-state index is 13.3. The predicted octanol–water partition coefficient (Wildman–Crippen LogP) is 5.17. The third kappa shape index (κ3) is 5.35. The van der Waals surface area contributed by atoms with Crippen molar-refractivity contribution in [1.29, 1.82) is 0 Å². The molecule has 31 heavy (non-hydrogen) atoms. The first-order valence-electron chi connectivity index (χ1n) is 10.3. The quantitative estimate of drug-likeness (QED) is 0.365. The number of allylic oxidation sites excluding steroid dienone is 2. The number of hydrogen-bond donors (Lipinski definition) is 0. The third-order valence-electron chi connectivity index (χ3n) is 5.40. The number of carbonyl (C=O) groups excluding carboxylic acids is 1. The number of benzene rings is 1. The summed E-state index contributed by atoms with van der Waals surface area (Å²) in [6.45, 7) is 1.28. The fourth-order valence-corrected chi connectivity index (χ4v) is 4.28. The van der Waals surface area contributed by atoms with Crippen LogP contribution in [0.25, 0.3) is 12.2 Å². The third-order valence-corrected chi connectivity index (χ3v) is 5.74. The van der Waals surface area contributed by atoms with Gasteiger partial charge in [-0.25, -0.2) is 0 Å². The summed E-state index contributed by atoms with van der Waals surface area (Å²) in [5.74, 6) is 1.32. The number of ketones is 1. The Morgan fingerprint density at radius 3 is 1.87 bits per heavy atom. The fraction of sp³-hybridized carbons (Fsp3) is 0.292. The maximum Gasteiger partial charge on any atom is 0.185 e. The van der Waals surface area contributed by atoms with Crippen LogP contribution in [0.2, 0.25) is 0 Å². The van der Waals surface area contributed by atoms with Gasteiger partial charge in [-0.2, -0.15) is 10.2 Å². The van der Waals surface area contributed by atoms with E-state index in [0.717, 1.165) is 22.3 Å². The van der Waals surface area contributed by atoms with E-state index < -0.39 is 0 Å². The number of carbonyl (C=O) groups is 1. The van der Waals surface area contributed by atoms with Gasteiger partial charge in [-0.15, -0.1) is 23.2 Å². The van der Waals surface area contributed by atoms with Crippen molar-refractivity contribution < 1.29 is 4.79 Å². The summed E-state index contributed by atoms with van der Waals surface area (Å²) in [5, 5.41) is 8.64. The summed E-state index contributed by atoms with van der Waals surface area (Å²) in [6.07, 6.45) is 12.7. The highest BCUT2D eigenvalue weighted by Gasteiger charge is 2.29. The van der Waals surface area contributed by atoms with Crippen LogP contribution in [0, 0.1) is 0 Å². The van der Waals surface area contributed by atoms with E-state index in [0.29, 0.717) is 37.7 Å². The van der Waals surface area contributed by atoms with E-state index in [1.54, 1.807) is 21.8 Å². The first-order valence-corrected chi connectivity index (χ1v) is 11.4. The largest absolute Gasteiger partial charge is 0.289 e. The Hall–Kier alpha value is -2.63. The van der Waals surface area contributed by atoms with Gasteiger partial charge in [0.2, 0.25) is 0 Å². The highest BCUT2D eigenvalue weighted by atomic mass is 35.5. The molecule has 0 bridgehead atoms. The molecule has 1 aliphatic carbocycles. The van der Waals surface area contributed by atoms with Gasteiger partial charge < -0.3 is 0 Å². The van der Waals surface area contributed by atoms with Crippen molar-refractivity contribution in [3.8, 4) is 0 Å². The van der Waals surface area contributed by atoms with E-state index in [2.05, 4.69) is 22.3 Å². The lowest BCUT2D eigenvalue weighted by Crippen LogP contribution is -2.18. The normalized spacial score (nSPS) is 19.4. The van der Waals surface area contributed by atoms with Crippen LogP contribution in [0.3, 0.4) is 0 Å². The number of hydrogen-bond acceptors (Lipinski definition) is 3. The molecule has 0 radical (unpaired) electrons. The van der Waals surface area contributed by atoms with E-state index in [4.69, 9.17) is 23.2 Å². The Morgan fingerprint density at radius 2 is 1.39 bits per heavy atom. The molecular formula is C24H24Cl2N4O. The van der Waals surface area contributed by atoms with Crippen molar-refractivity contribution in [3.05, 3.63) is 83.0 Å². The molecule has 2 heterocycles. The topological polar surface area (TPSA) is 52.7 Å². The minimum atomic E-state index is 0.0855. The number of aryl methyl sites for hydroxylation is 2. The van der Waals surface area contributed by atoms with Crippen molar-refractivity contribution in [3.63, 3.8) is 0 Å². The number of Topliss-reactive ketones (excluding diaryl/α,β-unsaturated/α-hetero) is 1. The van der Waals surface area contributed by atoms with Gasteiger partial charge in [0.05, 0.1) is 25.5 Å². The molecule has 1 fully saturated rings. The van der Waals surface area contributed by atoms with Crippen LogP contribution in [-0.4, -0.2) is 37.1 Å². The Balaban J connectivity index is 1.67. The van der Waals surface area contributed by atoms with Crippen LogP contribution in [0.15, 0.2) is 66.3 Å². The summed E-state index contributed by atoms with van der Waals surface area (Å²) >= 11 is 11.6. The van der Waals surface area contributed by atoms with Gasteiger partial charge in [-0.1, -0.05) is 30.3 Å². The summed E-state index contributed by atoms with van der Waals surface area (Å²) in [7, 11) is 0. The van der Waals surface area contributed by atoms with Crippen molar-refractivity contribution in [1.82, 2.24) is 19.6 Å². The van der Waals surface area contributed by atoms with Crippen LogP contribution in [-0.2, 0) is 17.9 Å². The van der Waals surface area contributed by atoms with Crippen LogP contribution in [0.1, 0.15) is 35.4 Å². The fourth-order valence-electron chi connectivity index (χ4n) is 3.93. The Morgan fingerprint density at radius 1 is 0.871 bits per heavy atom. The van der Waals surface area contributed by atoms with E-state index in [1.807, 2.05) is 42.7 Å². The minimum absolute atomic E-state index is 0.0855. The van der Waals surface area contributed by atoms with Gasteiger partial charge >= 0.3 is 0 Å². The number of halogens is 2. The molecule has 4 rings (SSSR count). The molecule has 0 saturated heterocycles. The zero-order chi connectivity index (χ0) is 21.6. The van der Waals surface area contributed by atoms with Crippen LogP contribution < -0.4 is 0 Å². The molecule has 1 aromatic carbocycles. The first kappa shape index (κ1) is 21.6. The summed E-state index contributed by atoms with van der Waals surface area (Å²) in [4.78, 5) is 13.3. The standard InChI is InChI=1S/C24H24Cl2N4O/c25-6-8-29-16-18(14-27-29)10-22-12-21(20-4-2-1-3-5-20)13-23(24(22)31)11-19-15-28-30(17-19)9-7-26/h1-5,10-11,14-17,21H,6-9,12-13H2/b22-10-,23-11+. The molecule has 0 N–H and O–H groups in total. The monoisotopic (exact) mass is 454 g/mol. The van der Waals surface area contributed by atoms with E-state index >= 15 is 0 Å². The van der Waals surface area contributed by atoms with Gasteiger partial charge in [-0.3, -0.25) is 14.2 Å². The minimum Gasteiger partial charge on any atom is -0.289 e. The summed E-state index contributed by atoms with van der Waals surface area (Å²) in [5.41, 5.74) is 4.66. The Kier molecular flexibility index (Phi) is 7.05. The molecule has 1 aliphatic rings. The van der Waals surface area contributed by atoms with E-state index in [9.17, 15) is 4.79 Å². The van der Waals surface area contributed by atoms with E-state index in [1.165, 1.54) is 5.56 Å². The van der Waals surface area contributed by atoms with Crippen LogP contribution >= 0.6 is 23.2 Å². The molecule has 3 aromatic rings. The SMILES string of the molecule is O=C1/C(=C\c2cnn(CCCl)c2)CC(c2ccccc2)C/C1=C\c1cnn(CCCl)c1. The smallest absolute Gasteiger partial charge is 0.185 e. The second kappa shape index (κ2) is 10.1. The molecule has 5 nitrogen and oxygen atoms in total. The second-order valence-electron chi connectivity index (χ2n) is 7.64. The molecule has 7 heteroatoms. The lowest BCUT2D eigenvalue weighted by atomic mass is 9.77. The molecule has 1 saturated carbocycles. The molecule has 1 unspecified atom stereocenters. The van der Waals surface area contributed by atoms with Gasteiger partial charge in [0.1, 0.15) is 0 Å². The lowest BCUT2D eigenvalue weighted by Gasteiger charge is -2.26. The zero-order valence-electron chi connectivity index (χ0n) is 17.1. The summed E-state index contributed by atoms with van der Waals surface area (Å²) < 4.78 is 3.59. The van der Waals surface area contributed by atoms with Crippen molar-refractivity contribution in [2.75, 3.05) is 11.8 Å². The molecule has 160 valence electrons. The van der Waals surface area contributed by atoms with Crippen LogP contribution in [0.4, 0.5) is 0 Å². The first-order chi connectivity index (χ1) is 15.2. The van der Waals surface area contributed by atoms with Crippen molar-refractivity contribution in [2.45, 2.75) is 31.8 Å². The van der Waals surface area contributed by atoms with Gasteiger partial charge in [0.15, 0.2) is 5.78 Å². The Labute approximate surface area is 192 Å². The number of aromatic nitrogens is 4. The average Bonchev–Trinajstić information content (AvgIpc) is 3.41. The molecule has 0 aliphatic heterocycles. The highest BCUT2D eigenvalue weighted by molar-refractivity contribution is 6.18. The number of rotatable bonds is 7. The molecule has 0 amide bonds. The van der Waals surface area contributed by atoms with Gasteiger partial charge in [0.25, 0.3) is 0 Å². The van der Waals surface area contributed by atoms with Gasteiger partial charge in [0, 0.05) is 46.4 Å². The van der Waals surface area contributed by atoms with E-state index in [-0.39, 0.29) is 11.7 Å². The summed E-state index contributed by atoms with van der Waals surface area (Å²) in [6, 6.07) is 10.4.